The number of halogens is 15. The van der Waals surface area contributed by atoms with Gasteiger partial charge in [0, 0.05) is 13.0 Å². The molecule has 3 nitrogen and oxygen atoms in total. The first kappa shape index (κ1) is 45.4. The van der Waals surface area contributed by atoms with E-state index >= 15 is 0 Å². The Bertz CT molecular complexity index is 1230. The van der Waals surface area contributed by atoms with E-state index in [1.54, 1.807) is 0 Å². The van der Waals surface area contributed by atoms with Crippen molar-refractivity contribution >= 4 is 0 Å². The fourth-order valence-electron chi connectivity index (χ4n) is 4.06. The lowest BCUT2D eigenvalue weighted by atomic mass is 9.90. The van der Waals surface area contributed by atoms with Crippen LogP contribution in [0.4, 0.5) is 65.9 Å². The minimum Gasteiger partial charge on any atom is -0.494 e. The van der Waals surface area contributed by atoms with Gasteiger partial charge in [0.25, 0.3) is 0 Å². The van der Waals surface area contributed by atoms with E-state index in [2.05, 4.69) is 13.0 Å². The molecule has 0 saturated carbocycles. The summed E-state index contributed by atoms with van der Waals surface area (Å²) in [6.07, 6.45) is -1.92. The van der Waals surface area contributed by atoms with Gasteiger partial charge in [-0.15, -0.1) is 0 Å². The average Bonchev–Trinajstić information content (AvgIpc) is 3.01. The topological polar surface area (TPSA) is 38.7 Å². The lowest BCUT2D eigenvalue weighted by Gasteiger charge is -2.41. The maximum atomic E-state index is 14.0. The van der Waals surface area contributed by atoms with E-state index in [1.165, 1.54) is 24.3 Å². The monoisotopic (exact) mass is 756 g/mol. The molecule has 0 spiro atoms. The molecular weight excluding hydrogens is 717 g/mol. The number of hydrogen-bond acceptors (Lipinski definition) is 3. The number of alkyl halides is 15. The molecule has 18 heteroatoms. The summed E-state index contributed by atoms with van der Waals surface area (Å²) in [4.78, 5) is 0. The van der Waals surface area contributed by atoms with Gasteiger partial charge in [-0.2, -0.15) is 65.9 Å². The average molecular weight is 757 g/mol. The molecule has 50 heavy (non-hydrogen) atoms. The van der Waals surface area contributed by atoms with Crippen molar-refractivity contribution in [1.82, 2.24) is 0 Å². The van der Waals surface area contributed by atoms with Crippen molar-refractivity contribution in [3.63, 3.8) is 0 Å². The van der Waals surface area contributed by atoms with Crippen LogP contribution in [0.15, 0.2) is 48.6 Å². The highest BCUT2D eigenvalue weighted by molar-refractivity contribution is 5.27. The van der Waals surface area contributed by atoms with Crippen LogP contribution in [-0.4, -0.2) is 66.1 Å². The molecule has 0 saturated heterocycles. The summed E-state index contributed by atoms with van der Waals surface area (Å²) in [7, 11) is 0. The number of allylic oxidation sites excluding steroid dienone is 3. The van der Waals surface area contributed by atoms with E-state index in [1.807, 2.05) is 39.0 Å². The van der Waals surface area contributed by atoms with E-state index in [9.17, 15) is 65.9 Å². The summed E-state index contributed by atoms with van der Waals surface area (Å²) in [5.74, 6) is -46.0. The fraction of sp³-hybridized carbons (Fsp3) is 0.688. The summed E-state index contributed by atoms with van der Waals surface area (Å²) in [6, 6.07) is 5.51. The Morgan fingerprint density at radius 1 is 0.660 bits per heavy atom. The fourth-order valence-corrected chi connectivity index (χ4v) is 4.06. The van der Waals surface area contributed by atoms with Crippen LogP contribution in [-0.2, 0) is 11.3 Å². The normalized spacial score (nSPS) is 17.0. The second-order valence-corrected chi connectivity index (χ2v) is 12.1. The molecule has 1 rings (SSSR count). The van der Waals surface area contributed by atoms with Crippen LogP contribution in [0.1, 0.15) is 58.9 Å². The summed E-state index contributed by atoms with van der Waals surface area (Å²) < 4.78 is 211. The lowest BCUT2D eigenvalue weighted by molar-refractivity contribution is -0.452. The molecule has 1 aromatic rings. The quantitative estimate of drug-likeness (QED) is 0.0771. The second kappa shape index (κ2) is 17.3. The van der Waals surface area contributed by atoms with Gasteiger partial charge in [-0.05, 0) is 61.6 Å². The zero-order valence-corrected chi connectivity index (χ0v) is 27.3. The van der Waals surface area contributed by atoms with Crippen LogP contribution in [0.5, 0.6) is 5.75 Å². The third-order valence-corrected chi connectivity index (χ3v) is 7.74. The highest BCUT2D eigenvalue weighted by atomic mass is 19.4. The number of hydrogen-bond donors (Lipinski definition) is 1. The number of rotatable bonds is 21. The Morgan fingerprint density at radius 3 is 1.68 bits per heavy atom. The molecule has 290 valence electrons. The number of benzene rings is 1. The molecule has 0 aliphatic carbocycles. The van der Waals surface area contributed by atoms with Crippen LogP contribution in [0, 0.1) is 17.8 Å². The largest absolute Gasteiger partial charge is 0.494 e. The maximum Gasteiger partial charge on any atom is 0.460 e. The third kappa shape index (κ3) is 10.5. The first-order valence-corrected chi connectivity index (χ1v) is 15.2. The van der Waals surface area contributed by atoms with Crippen molar-refractivity contribution in [1.29, 1.82) is 0 Å². The van der Waals surface area contributed by atoms with Crippen LogP contribution >= 0.6 is 0 Å². The van der Waals surface area contributed by atoms with Gasteiger partial charge >= 0.3 is 41.7 Å². The van der Waals surface area contributed by atoms with Gasteiger partial charge in [0.2, 0.25) is 0 Å². The Balaban J connectivity index is 2.71. The molecule has 1 N–H and O–H groups in total. The Labute approximate surface area is 279 Å². The number of aliphatic hydroxyl groups excluding tert-OH is 1. The molecule has 0 aliphatic rings. The maximum absolute atomic E-state index is 14.0. The first-order chi connectivity index (χ1) is 22.6. The minimum atomic E-state index is -8.29. The molecular formula is C32H39F15O3. The van der Waals surface area contributed by atoms with Gasteiger partial charge < -0.3 is 14.6 Å². The Hall–Kier alpha value is -2.63. The molecule has 1 aromatic carbocycles. The smallest absolute Gasteiger partial charge is 0.460 e. The number of aliphatic hydroxyl groups is 1. The Kier molecular flexibility index (Phi) is 15.7. The zero-order chi connectivity index (χ0) is 39.0. The zero-order valence-electron chi connectivity index (χ0n) is 27.3. The summed E-state index contributed by atoms with van der Waals surface area (Å²) in [6.45, 7) is 7.06. The summed E-state index contributed by atoms with van der Waals surface area (Å²) >= 11 is 0. The van der Waals surface area contributed by atoms with Crippen LogP contribution < -0.4 is 4.74 Å². The van der Waals surface area contributed by atoms with E-state index in [-0.39, 0.29) is 42.8 Å². The molecule has 0 aromatic heterocycles. The highest BCUT2D eigenvalue weighted by Crippen LogP contribution is 2.62. The van der Waals surface area contributed by atoms with E-state index in [0.717, 1.165) is 12.8 Å². The number of ether oxygens (including phenoxy) is 2. The van der Waals surface area contributed by atoms with Gasteiger partial charge in [-0.3, -0.25) is 0 Å². The predicted molar refractivity (Wildman–Crippen MR) is 153 cm³/mol. The van der Waals surface area contributed by atoms with E-state index in [0.29, 0.717) is 5.56 Å². The van der Waals surface area contributed by atoms with Crippen LogP contribution in [0.2, 0.25) is 0 Å². The molecule has 0 radical (unpaired) electrons. The van der Waals surface area contributed by atoms with Gasteiger partial charge in [-0.1, -0.05) is 57.2 Å². The van der Waals surface area contributed by atoms with Crippen LogP contribution in [0.25, 0.3) is 0 Å². The molecule has 0 bridgehead atoms. The molecule has 0 amide bonds. The van der Waals surface area contributed by atoms with Gasteiger partial charge in [-0.25, -0.2) is 0 Å². The van der Waals surface area contributed by atoms with Crippen molar-refractivity contribution in [2.75, 3.05) is 13.2 Å². The molecule has 0 fully saturated rings. The van der Waals surface area contributed by atoms with Crippen molar-refractivity contribution in [3.8, 4) is 5.75 Å². The van der Waals surface area contributed by atoms with Gasteiger partial charge in [0.05, 0.1) is 19.3 Å². The summed E-state index contributed by atoms with van der Waals surface area (Å²) in [5, 5.41) is 9.06. The predicted octanol–water partition coefficient (Wildman–Crippen LogP) is 10.9. The second-order valence-electron chi connectivity index (χ2n) is 12.1. The van der Waals surface area contributed by atoms with Crippen molar-refractivity contribution in [2.24, 2.45) is 17.8 Å². The summed E-state index contributed by atoms with van der Waals surface area (Å²) in [5.41, 5.74) is 0.610. The Morgan fingerprint density at radius 2 is 1.16 bits per heavy atom. The molecule has 0 aliphatic heterocycles. The van der Waals surface area contributed by atoms with Gasteiger partial charge in [0.1, 0.15) is 5.75 Å². The van der Waals surface area contributed by atoms with Crippen LogP contribution in [0.3, 0.4) is 0 Å². The molecule has 0 heterocycles. The standard InChI is InChI=1S/C32H39F15O3/c1-20(8-5-10-21(2)18-48)9-6-11-22(3)23(4)50-19-24-12-14-25(15-13-24)49-17-7-16-26(33,34)27(35,36)28(37,38)29(39,40)30(41,42)31(43,44)32(45,46)47/h5-6,8,11-15,20-23,48H,7,9-10,16-19H2,1-4H3/b8-5+,11-6+/t20-,21-,22-,23+/m1/s1. The van der Waals surface area contributed by atoms with Crippen molar-refractivity contribution < 1.29 is 80.4 Å². The van der Waals surface area contributed by atoms with Crippen molar-refractivity contribution in [3.05, 3.63) is 54.1 Å². The van der Waals surface area contributed by atoms with E-state index in [4.69, 9.17) is 14.6 Å². The third-order valence-electron chi connectivity index (χ3n) is 7.74. The molecule has 0 unspecified atom stereocenters. The SMILES string of the molecule is C[C@@H](CO)C/C=C/[C@@H](C)C/C=C/[C@@H](C)[C@H](C)OCc1ccc(OCCCC(F)(F)C(F)(F)C(F)(F)C(F)(F)C(F)(F)C(F)(F)C(F)(F)F)cc1. The first-order valence-electron chi connectivity index (χ1n) is 15.2. The van der Waals surface area contributed by atoms with E-state index < -0.39 is 61.2 Å². The van der Waals surface area contributed by atoms with Crippen molar-refractivity contribution in [2.45, 2.75) is 108 Å². The molecule has 4 atom stereocenters. The lowest BCUT2D eigenvalue weighted by Crippen LogP contribution is -2.72. The highest BCUT2D eigenvalue weighted by Gasteiger charge is 2.93. The van der Waals surface area contributed by atoms with Gasteiger partial charge in [0.15, 0.2) is 0 Å². The minimum absolute atomic E-state index is 0.0252.